The van der Waals surface area contributed by atoms with Crippen molar-refractivity contribution < 1.29 is 14.2 Å². The van der Waals surface area contributed by atoms with E-state index in [0.29, 0.717) is 18.9 Å². The van der Waals surface area contributed by atoms with E-state index in [0.717, 1.165) is 23.5 Å². The van der Waals surface area contributed by atoms with Gasteiger partial charge in [0.15, 0.2) is 11.5 Å². The van der Waals surface area contributed by atoms with Crippen LogP contribution in [0.25, 0.3) is 0 Å². The molecule has 0 saturated carbocycles. The predicted molar refractivity (Wildman–Crippen MR) is 60.8 cm³/mol. The SMILES string of the molecule is C=CCCOc1cc2c(cc1CN)OCO2. The quantitative estimate of drug-likeness (QED) is 0.608. The Morgan fingerprint density at radius 2 is 2.12 bits per heavy atom. The van der Waals surface area contributed by atoms with Crippen LogP contribution in [0, 0.1) is 0 Å². The maximum atomic E-state index is 5.65. The number of nitrogens with two attached hydrogens (primary N) is 1. The van der Waals surface area contributed by atoms with E-state index in [1.54, 1.807) is 0 Å². The van der Waals surface area contributed by atoms with Gasteiger partial charge in [-0.05, 0) is 12.5 Å². The lowest BCUT2D eigenvalue weighted by Crippen LogP contribution is -2.03. The molecule has 0 aromatic heterocycles. The molecule has 0 atom stereocenters. The van der Waals surface area contributed by atoms with Crippen LogP contribution in [0.5, 0.6) is 17.2 Å². The van der Waals surface area contributed by atoms with Gasteiger partial charge in [-0.3, -0.25) is 0 Å². The van der Waals surface area contributed by atoms with Crippen LogP contribution in [0.2, 0.25) is 0 Å². The Labute approximate surface area is 94.6 Å². The van der Waals surface area contributed by atoms with E-state index in [1.165, 1.54) is 0 Å². The molecule has 4 nitrogen and oxygen atoms in total. The maximum Gasteiger partial charge on any atom is 0.231 e. The summed E-state index contributed by atoms with van der Waals surface area (Å²) in [6.45, 7) is 4.91. The number of hydrogen-bond donors (Lipinski definition) is 1. The molecule has 0 unspecified atom stereocenters. The van der Waals surface area contributed by atoms with Gasteiger partial charge in [-0.15, -0.1) is 6.58 Å². The third kappa shape index (κ3) is 2.12. The van der Waals surface area contributed by atoms with Crippen molar-refractivity contribution in [2.24, 2.45) is 5.73 Å². The van der Waals surface area contributed by atoms with Gasteiger partial charge < -0.3 is 19.9 Å². The maximum absolute atomic E-state index is 5.65. The summed E-state index contributed by atoms with van der Waals surface area (Å²) in [7, 11) is 0. The largest absolute Gasteiger partial charge is 0.493 e. The van der Waals surface area contributed by atoms with Gasteiger partial charge in [0.2, 0.25) is 6.79 Å². The highest BCUT2D eigenvalue weighted by atomic mass is 16.7. The van der Waals surface area contributed by atoms with Crippen LogP contribution in [-0.2, 0) is 6.54 Å². The molecular formula is C12H15NO3. The van der Waals surface area contributed by atoms with Gasteiger partial charge in [0, 0.05) is 18.2 Å². The fraction of sp³-hybridized carbons (Fsp3) is 0.333. The molecule has 1 aromatic carbocycles. The van der Waals surface area contributed by atoms with E-state index in [-0.39, 0.29) is 6.79 Å². The number of hydrogen-bond acceptors (Lipinski definition) is 4. The van der Waals surface area contributed by atoms with Crippen molar-refractivity contribution in [2.75, 3.05) is 13.4 Å². The van der Waals surface area contributed by atoms with Crippen LogP contribution >= 0.6 is 0 Å². The summed E-state index contributed by atoms with van der Waals surface area (Å²) in [5.74, 6) is 2.20. The van der Waals surface area contributed by atoms with Crippen molar-refractivity contribution in [1.82, 2.24) is 0 Å². The second-order valence-electron chi connectivity index (χ2n) is 3.44. The van der Waals surface area contributed by atoms with Gasteiger partial charge >= 0.3 is 0 Å². The third-order valence-electron chi connectivity index (χ3n) is 2.36. The van der Waals surface area contributed by atoms with Crippen molar-refractivity contribution in [2.45, 2.75) is 13.0 Å². The second-order valence-corrected chi connectivity index (χ2v) is 3.44. The van der Waals surface area contributed by atoms with Crippen LogP contribution in [0.3, 0.4) is 0 Å². The van der Waals surface area contributed by atoms with Crippen LogP contribution in [0.1, 0.15) is 12.0 Å². The Morgan fingerprint density at radius 3 is 2.81 bits per heavy atom. The highest BCUT2D eigenvalue weighted by Crippen LogP contribution is 2.37. The van der Waals surface area contributed by atoms with Crippen molar-refractivity contribution in [3.8, 4) is 17.2 Å². The molecule has 0 amide bonds. The first-order valence-corrected chi connectivity index (χ1v) is 5.21. The summed E-state index contributed by atoms with van der Waals surface area (Å²) < 4.78 is 16.2. The van der Waals surface area contributed by atoms with Gasteiger partial charge in [0.25, 0.3) is 0 Å². The zero-order valence-corrected chi connectivity index (χ0v) is 9.07. The van der Waals surface area contributed by atoms with E-state index < -0.39 is 0 Å². The first-order valence-electron chi connectivity index (χ1n) is 5.21. The van der Waals surface area contributed by atoms with Crippen LogP contribution in [-0.4, -0.2) is 13.4 Å². The molecule has 0 saturated heterocycles. The Bertz CT molecular complexity index is 390. The molecule has 1 heterocycles. The number of ether oxygens (including phenoxy) is 3. The Hall–Kier alpha value is -1.68. The Morgan fingerprint density at radius 1 is 1.38 bits per heavy atom. The molecule has 16 heavy (non-hydrogen) atoms. The molecule has 0 fully saturated rings. The van der Waals surface area contributed by atoms with E-state index in [2.05, 4.69) is 6.58 Å². The molecule has 0 bridgehead atoms. The average Bonchev–Trinajstić information content (AvgIpc) is 2.75. The Kier molecular flexibility index (Phi) is 3.31. The monoisotopic (exact) mass is 221 g/mol. The second kappa shape index (κ2) is 4.90. The topological polar surface area (TPSA) is 53.7 Å². The molecule has 4 heteroatoms. The highest BCUT2D eigenvalue weighted by Gasteiger charge is 2.17. The molecule has 0 spiro atoms. The highest BCUT2D eigenvalue weighted by molar-refractivity contribution is 5.51. The van der Waals surface area contributed by atoms with Gasteiger partial charge in [-0.1, -0.05) is 6.08 Å². The normalized spacial score (nSPS) is 12.6. The minimum Gasteiger partial charge on any atom is -0.493 e. The van der Waals surface area contributed by atoms with Crippen molar-refractivity contribution in [1.29, 1.82) is 0 Å². The lowest BCUT2D eigenvalue weighted by Gasteiger charge is -2.10. The van der Waals surface area contributed by atoms with E-state index in [1.807, 2.05) is 18.2 Å². The van der Waals surface area contributed by atoms with E-state index in [9.17, 15) is 0 Å². The lowest BCUT2D eigenvalue weighted by atomic mass is 10.2. The van der Waals surface area contributed by atoms with Gasteiger partial charge in [-0.25, -0.2) is 0 Å². The molecule has 1 aliphatic heterocycles. The molecule has 0 radical (unpaired) electrons. The van der Waals surface area contributed by atoms with Gasteiger partial charge in [0.05, 0.1) is 6.61 Å². The van der Waals surface area contributed by atoms with Crippen molar-refractivity contribution in [3.63, 3.8) is 0 Å². The molecule has 0 aliphatic carbocycles. The lowest BCUT2D eigenvalue weighted by molar-refractivity contribution is 0.173. The first kappa shape index (κ1) is 10.8. The zero-order chi connectivity index (χ0) is 11.4. The van der Waals surface area contributed by atoms with Crippen LogP contribution < -0.4 is 19.9 Å². The third-order valence-corrected chi connectivity index (χ3v) is 2.36. The van der Waals surface area contributed by atoms with E-state index >= 15 is 0 Å². The number of fused-ring (bicyclic) bond motifs is 1. The molecule has 86 valence electrons. The fourth-order valence-corrected chi connectivity index (χ4v) is 1.51. The summed E-state index contributed by atoms with van der Waals surface area (Å²) in [5, 5.41) is 0. The molecule has 2 N–H and O–H groups in total. The zero-order valence-electron chi connectivity index (χ0n) is 9.07. The summed E-state index contributed by atoms with van der Waals surface area (Å²) in [5.41, 5.74) is 6.58. The van der Waals surface area contributed by atoms with Crippen LogP contribution in [0.15, 0.2) is 24.8 Å². The number of rotatable bonds is 5. The molecule has 2 rings (SSSR count). The minimum atomic E-state index is 0.259. The first-order chi connectivity index (χ1) is 7.85. The summed E-state index contributed by atoms with van der Waals surface area (Å²) in [6.07, 6.45) is 2.62. The minimum absolute atomic E-state index is 0.259. The van der Waals surface area contributed by atoms with Gasteiger partial charge in [-0.2, -0.15) is 0 Å². The smallest absolute Gasteiger partial charge is 0.231 e. The van der Waals surface area contributed by atoms with Crippen molar-refractivity contribution in [3.05, 3.63) is 30.4 Å². The molecule has 1 aliphatic rings. The summed E-state index contributed by atoms with van der Waals surface area (Å²) >= 11 is 0. The van der Waals surface area contributed by atoms with Gasteiger partial charge in [0.1, 0.15) is 5.75 Å². The van der Waals surface area contributed by atoms with Crippen LogP contribution in [0.4, 0.5) is 0 Å². The average molecular weight is 221 g/mol. The standard InChI is InChI=1S/C12H15NO3/c1-2-3-4-14-10-6-12-11(15-8-16-12)5-9(10)7-13/h2,5-6H,1,3-4,7-8,13H2. The van der Waals surface area contributed by atoms with E-state index in [4.69, 9.17) is 19.9 Å². The number of benzene rings is 1. The molecule has 1 aromatic rings. The fourth-order valence-electron chi connectivity index (χ4n) is 1.51. The van der Waals surface area contributed by atoms with Crippen molar-refractivity contribution >= 4 is 0 Å². The summed E-state index contributed by atoms with van der Waals surface area (Å²) in [6, 6.07) is 3.69. The predicted octanol–water partition coefficient (Wildman–Crippen LogP) is 1.83. The Balaban J connectivity index is 2.18. The molecular weight excluding hydrogens is 206 g/mol. The summed E-state index contributed by atoms with van der Waals surface area (Å²) in [4.78, 5) is 0.